The van der Waals surface area contributed by atoms with Crippen molar-refractivity contribution in [2.45, 2.75) is 17.7 Å². The van der Waals surface area contributed by atoms with Gasteiger partial charge in [-0.3, -0.25) is 9.59 Å². The van der Waals surface area contributed by atoms with Gasteiger partial charge in [0.05, 0.1) is 5.92 Å². The molecule has 0 radical (unpaired) electrons. The van der Waals surface area contributed by atoms with Crippen LogP contribution in [0.5, 0.6) is 0 Å². The summed E-state index contributed by atoms with van der Waals surface area (Å²) in [7, 11) is -3.73. The first kappa shape index (κ1) is 18.1. The second-order valence-corrected chi connectivity index (χ2v) is 7.72. The summed E-state index contributed by atoms with van der Waals surface area (Å²) in [6.07, 6.45) is 3.41. The fraction of sp³-hybridized carbons (Fsp3) is 0.375. The SMILES string of the molecule is C=CC(=O)N1CCCC(C(=O)Nc2ccc(F)c(S(C)(=O)=O)c2)C1. The minimum Gasteiger partial charge on any atom is -0.338 e. The zero-order valence-electron chi connectivity index (χ0n) is 13.3. The number of anilines is 1. The molecular weight excluding hydrogens is 335 g/mol. The molecule has 2 amide bonds. The monoisotopic (exact) mass is 354 g/mol. The van der Waals surface area contributed by atoms with E-state index in [2.05, 4.69) is 11.9 Å². The second-order valence-electron chi connectivity index (χ2n) is 5.73. The number of carbonyl (C=O) groups excluding carboxylic acids is 2. The average Bonchev–Trinajstić information content (AvgIpc) is 2.55. The van der Waals surface area contributed by atoms with Crippen LogP contribution in [0.2, 0.25) is 0 Å². The molecule has 8 heteroatoms. The molecule has 6 nitrogen and oxygen atoms in total. The summed E-state index contributed by atoms with van der Waals surface area (Å²) >= 11 is 0. The maximum absolute atomic E-state index is 13.6. The highest BCUT2D eigenvalue weighted by molar-refractivity contribution is 7.90. The van der Waals surface area contributed by atoms with E-state index in [9.17, 15) is 22.4 Å². The Morgan fingerprint density at radius 1 is 1.42 bits per heavy atom. The molecule has 1 aromatic rings. The number of likely N-dealkylation sites (tertiary alicyclic amines) is 1. The Bertz CT molecular complexity index is 776. The smallest absolute Gasteiger partial charge is 0.245 e. The van der Waals surface area contributed by atoms with Crippen LogP contribution in [0.1, 0.15) is 12.8 Å². The number of nitrogens with zero attached hydrogens (tertiary/aromatic N) is 1. The van der Waals surface area contributed by atoms with Crippen LogP contribution in [0.15, 0.2) is 35.7 Å². The molecule has 24 heavy (non-hydrogen) atoms. The molecule has 1 aliphatic heterocycles. The first-order valence-corrected chi connectivity index (χ1v) is 9.33. The third-order valence-electron chi connectivity index (χ3n) is 3.88. The molecule has 1 fully saturated rings. The van der Waals surface area contributed by atoms with Crippen LogP contribution in [0.4, 0.5) is 10.1 Å². The van der Waals surface area contributed by atoms with Crippen molar-refractivity contribution in [1.82, 2.24) is 4.90 Å². The van der Waals surface area contributed by atoms with E-state index in [0.717, 1.165) is 18.4 Å². The Balaban J connectivity index is 2.12. The number of carbonyl (C=O) groups is 2. The molecule has 0 spiro atoms. The highest BCUT2D eigenvalue weighted by Gasteiger charge is 2.27. The zero-order valence-corrected chi connectivity index (χ0v) is 14.1. The lowest BCUT2D eigenvalue weighted by Crippen LogP contribution is -2.43. The molecule has 1 aromatic carbocycles. The van der Waals surface area contributed by atoms with Crippen molar-refractivity contribution >= 4 is 27.3 Å². The fourth-order valence-electron chi connectivity index (χ4n) is 2.63. The maximum atomic E-state index is 13.6. The average molecular weight is 354 g/mol. The van der Waals surface area contributed by atoms with Crippen molar-refractivity contribution in [3.05, 3.63) is 36.7 Å². The van der Waals surface area contributed by atoms with Gasteiger partial charge in [-0.05, 0) is 37.1 Å². The third kappa shape index (κ3) is 4.19. The van der Waals surface area contributed by atoms with Crippen molar-refractivity contribution in [1.29, 1.82) is 0 Å². The van der Waals surface area contributed by atoms with Crippen molar-refractivity contribution < 1.29 is 22.4 Å². The molecule has 1 aliphatic rings. The van der Waals surface area contributed by atoms with E-state index in [0.29, 0.717) is 19.4 Å². The highest BCUT2D eigenvalue weighted by Crippen LogP contribution is 2.22. The Hall–Kier alpha value is -2.22. The van der Waals surface area contributed by atoms with Crippen LogP contribution in [0.3, 0.4) is 0 Å². The van der Waals surface area contributed by atoms with Crippen LogP contribution in [-0.2, 0) is 19.4 Å². The van der Waals surface area contributed by atoms with E-state index in [1.54, 1.807) is 4.90 Å². The second kappa shape index (κ2) is 7.12. The quantitative estimate of drug-likeness (QED) is 0.833. The normalized spacial score (nSPS) is 18.1. The van der Waals surface area contributed by atoms with Crippen LogP contribution in [0.25, 0.3) is 0 Å². The molecule has 1 unspecified atom stereocenters. The van der Waals surface area contributed by atoms with Gasteiger partial charge in [0.25, 0.3) is 0 Å². The third-order valence-corrected chi connectivity index (χ3v) is 4.99. The maximum Gasteiger partial charge on any atom is 0.245 e. The van der Waals surface area contributed by atoms with E-state index >= 15 is 0 Å². The summed E-state index contributed by atoms with van der Waals surface area (Å²) in [5, 5.41) is 2.59. The van der Waals surface area contributed by atoms with Crippen LogP contribution >= 0.6 is 0 Å². The van der Waals surface area contributed by atoms with Gasteiger partial charge in [0.2, 0.25) is 11.8 Å². The number of hydrogen-bond acceptors (Lipinski definition) is 4. The van der Waals surface area contributed by atoms with Crippen molar-refractivity contribution in [2.75, 3.05) is 24.7 Å². The Kier molecular flexibility index (Phi) is 5.38. The topological polar surface area (TPSA) is 83.6 Å². The van der Waals surface area contributed by atoms with E-state index < -0.39 is 26.5 Å². The van der Waals surface area contributed by atoms with Gasteiger partial charge >= 0.3 is 0 Å². The van der Waals surface area contributed by atoms with Gasteiger partial charge in [-0.2, -0.15) is 0 Å². The predicted molar refractivity (Wildman–Crippen MR) is 87.6 cm³/mol. The first-order valence-electron chi connectivity index (χ1n) is 7.44. The van der Waals surface area contributed by atoms with Crippen molar-refractivity contribution in [3.63, 3.8) is 0 Å². The van der Waals surface area contributed by atoms with Crippen LogP contribution in [-0.4, -0.2) is 44.5 Å². The predicted octanol–water partition coefficient (Wildman–Crippen LogP) is 1.59. The number of halogens is 1. The van der Waals surface area contributed by atoms with E-state index in [1.165, 1.54) is 12.1 Å². The zero-order chi connectivity index (χ0) is 17.9. The Labute approximate surface area is 140 Å². The fourth-order valence-corrected chi connectivity index (χ4v) is 3.39. The molecule has 0 saturated carbocycles. The standard InChI is InChI=1S/C16H19FN2O4S/c1-3-15(20)19-8-4-5-11(10-19)16(21)18-12-6-7-13(17)14(9-12)24(2,22)23/h3,6-7,9,11H,1,4-5,8,10H2,2H3,(H,18,21). The van der Waals surface area contributed by atoms with Gasteiger partial charge in [-0.1, -0.05) is 6.58 Å². The van der Waals surface area contributed by atoms with E-state index in [4.69, 9.17) is 0 Å². The number of amides is 2. The van der Waals surface area contributed by atoms with E-state index in [-0.39, 0.29) is 24.0 Å². The summed E-state index contributed by atoms with van der Waals surface area (Å²) in [5.74, 6) is -1.83. The van der Waals surface area contributed by atoms with Gasteiger partial charge in [0.15, 0.2) is 9.84 Å². The molecule has 2 rings (SSSR count). The Morgan fingerprint density at radius 3 is 2.75 bits per heavy atom. The molecular formula is C16H19FN2O4S. The molecule has 0 aromatic heterocycles. The summed E-state index contributed by atoms with van der Waals surface area (Å²) in [5.41, 5.74) is 0.203. The summed E-state index contributed by atoms with van der Waals surface area (Å²) in [4.78, 5) is 25.1. The van der Waals surface area contributed by atoms with Gasteiger partial charge in [-0.25, -0.2) is 12.8 Å². The van der Waals surface area contributed by atoms with Crippen molar-refractivity contribution in [2.24, 2.45) is 5.92 Å². The minimum absolute atomic E-state index is 0.203. The lowest BCUT2D eigenvalue weighted by Gasteiger charge is -2.31. The summed E-state index contributed by atoms with van der Waals surface area (Å²) < 4.78 is 36.7. The summed E-state index contributed by atoms with van der Waals surface area (Å²) in [6.45, 7) is 4.28. The number of rotatable bonds is 4. The molecule has 1 N–H and O–H groups in total. The molecule has 1 atom stereocenters. The van der Waals surface area contributed by atoms with Gasteiger partial charge in [-0.15, -0.1) is 0 Å². The number of nitrogens with one attached hydrogen (secondary N) is 1. The number of hydrogen-bond donors (Lipinski definition) is 1. The number of sulfone groups is 1. The summed E-state index contributed by atoms with van der Waals surface area (Å²) in [6, 6.07) is 3.40. The molecule has 1 saturated heterocycles. The highest BCUT2D eigenvalue weighted by atomic mass is 32.2. The number of benzene rings is 1. The van der Waals surface area contributed by atoms with Crippen LogP contribution in [0, 0.1) is 11.7 Å². The van der Waals surface area contributed by atoms with Gasteiger partial charge in [0, 0.05) is 25.0 Å². The first-order chi connectivity index (χ1) is 11.2. The lowest BCUT2D eigenvalue weighted by molar-refractivity contribution is -0.130. The molecule has 0 aliphatic carbocycles. The molecule has 0 bridgehead atoms. The van der Waals surface area contributed by atoms with Crippen molar-refractivity contribution in [3.8, 4) is 0 Å². The minimum atomic E-state index is -3.73. The van der Waals surface area contributed by atoms with Gasteiger partial charge < -0.3 is 10.2 Å². The molecule has 1 heterocycles. The van der Waals surface area contributed by atoms with Gasteiger partial charge in [0.1, 0.15) is 10.7 Å². The van der Waals surface area contributed by atoms with Crippen LogP contribution < -0.4 is 5.32 Å². The lowest BCUT2D eigenvalue weighted by atomic mass is 9.97. The molecule has 130 valence electrons. The number of piperidine rings is 1. The van der Waals surface area contributed by atoms with E-state index in [1.807, 2.05) is 0 Å². The Morgan fingerprint density at radius 2 is 2.12 bits per heavy atom. The largest absolute Gasteiger partial charge is 0.338 e.